The maximum Gasteiger partial charge on any atom is 0.326 e. The van der Waals surface area contributed by atoms with Crippen LogP contribution in [-0.4, -0.2) is 37.7 Å². The molecule has 0 amide bonds. The summed E-state index contributed by atoms with van der Waals surface area (Å²) < 4.78 is 36.1. The first-order valence-corrected chi connectivity index (χ1v) is 13.2. The predicted molar refractivity (Wildman–Crippen MR) is 129 cm³/mol. The number of sulfonamides is 1. The average Bonchev–Trinajstić information content (AvgIpc) is 3.10. The number of aryl methyl sites for hydroxylation is 1. The van der Waals surface area contributed by atoms with E-state index in [1.165, 1.54) is 4.31 Å². The predicted octanol–water partition coefficient (Wildman–Crippen LogP) is 3.64. The number of anilines is 1. The van der Waals surface area contributed by atoms with Gasteiger partial charge in [-0.1, -0.05) is 32.9 Å². The van der Waals surface area contributed by atoms with Crippen LogP contribution >= 0.6 is 0 Å². The SMILES string of the molecule is CCc1ccc(N(CC(C)C)S(=O)(=O)c2ccc3c(c2)[nH]c(=O)n3C[C@H]2[C@@H]3COC[C@@H]32)cc1. The first kappa shape index (κ1) is 22.2. The van der Waals surface area contributed by atoms with Crippen LogP contribution in [0.25, 0.3) is 11.0 Å². The number of imidazole rings is 1. The summed E-state index contributed by atoms with van der Waals surface area (Å²) in [5, 5.41) is 0. The van der Waals surface area contributed by atoms with Crippen LogP contribution in [-0.2, 0) is 27.7 Å². The number of aromatic nitrogens is 2. The zero-order valence-corrected chi connectivity index (χ0v) is 20.1. The maximum atomic E-state index is 13.7. The fourth-order valence-corrected chi connectivity index (χ4v) is 6.68. The van der Waals surface area contributed by atoms with Crippen LogP contribution in [0.15, 0.2) is 52.2 Å². The molecule has 2 fully saturated rings. The van der Waals surface area contributed by atoms with E-state index in [1.807, 2.05) is 38.1 Å². The summed E-state index contributed by atoms with van der Waals surface area (Å²) in [6.07, 6.45) is 0.896. The van der Waals surface area contributed by atoms with Gasteiger partial charge in [-0.25, -0.2) is 13.2 Å². The largest absolute Gasteiger partial charge is 0.381 e. The van der Waals surface area contributed by atoms with Gasteiger partial charge in [0.2, 0.25) is 0 Å². The van der Waals surface area contributed by atoms with E-state index in [4.69, 9.17) is 4.74 Å². The lowest BCUT2D eigenvalue weighted by Crippen LogP contribution is -2.34. The molecular weight excluding hydrogens is 438 g/mol. The molecular formula is C25H31N3O4S. The maximum absolute atomic E-state index is 13.7. The molecule has 1 aliphatic carbocycles. The van der Waals surface area contributed by atoms with Crippen molar-refractivity contribution >= 4 is 26.7 Å². The Labute approximate surface area is 194 Å². The number of fused-ring (bicyclic) bond motifs is 2. The quantitative estimate of drug-likeness (QED) is 0.546. The van der Waals surface area contributed by atoms with Gasteiger partial charge in [0, 0.05) is 13.1 Å². The van der Waals surface area contributed by atoms with Crippen molar-refractivity contribution in [2.24, 2.45) is 23.7 Å². The molecule has 1 N–H and O–H groups in total. The Bertz CT molecular complexity index is 1310. The minimum atomic E-state index is -3.80. The average molecular weight is 470 g/mol. The Balaban J connectivity index is 1.48. The van der Waals surface area contributed by atoms with Crippen LogP contribution in [0.4, 0.5) is 5.69 Å². The van der Waals surface area contributed by atoms with Crippen LogP contribution in [0.3, 0.4) is 0 Å². The first-order chi connectivity index (χ1) is 15.8. The second-order valence-corrected chi connectivity index (χ2v) is 11.6. The Hall–Kier alpha value is -2.58. The summed E-state index contributed by atoms with van der Waals surface area (Å²) in [4.78, 5) is 15.7. The van der Waals surface area contributed by atoms with Crippen molar-refractivity contribution in [2.45, 2.75) is 38.6 Å². The minimum Gasteiger partial charge on any atom is -0.381 e. The van der Waals surface area contributed by atoms with Crippen molar-refractivity contribution < 1.29 is 13.2 Å². The third kappa shape index (κ3) is 3.99. The van der Waals surface area contributed by atoms with Crippen LogP contribution in [0.2, 0.25) is 0 Å². The second-order valence-electron chi connectivity index (χ2n) is 9.70. The molecule has 33 heavy (non-hydrogen) atoms. The van der Waals surface area contributed by atoms with E-state index in [1.54, 1.807) is 22.8 Å². The van der Waals surface area contributed by atoms with E-state index >= 15 is 0 Å². The van der Waals surface area contributed by atoms with Gasteiger partial charge in [-0.2, -0.15) is 0 Å². The number of nitrogens with one attached hydrogen (secondary N) is 1. The van der Waals surface area contributed by atoms with E-state index in [9.17, 15) is 13.2 Å². The Morgan fingerprint density at radius 3 is 2.45 bits per heavy atom. The number of hydrogen-bond acceptors (Lipinski definition) is 4. The second kappa shape index (κ2) is 8.33. The molecule has 176 valence electrons. The normalized spacial score (nSPS) is 22.1. The summed E-state index contributed by atoms with van der Waals surface area (Å²) in [7, 11) is -3.80. The van der Waals surface area contributed by atoms with E-state index in [-0.39, 0.29) is 16.5 Å². The van der Waals surface area contributed by atoms with Gasteiger partial charge >= 0.3 is 5.69 Å². The summed E-state index contributed by atoms with van der Waals surface area (Å²) in [6, 6.07) is 12.6. The van der Waals surface area contributed by atoms with Gasteiger partial charge in [0.05, 0.1) is 34.8 Å². The molecule has 1 aromatic heterocycles. The summed E-state index contributed by atoms with van der Waals surface area (Å²) >= 11 is 0. The molecule has 0 bridgehead atoms. The third-order valence-corrected chi connectivity index (χ3v) is 8.81. The van der Waals surface area contributed by atoms with Gasteiger partial charge < -0.3 is 9.72 Å². The highest BCUT2D eigenvalue weighted by atomic mass is 32.2. The molecule has 1 saturated heterocycles. The lowest BCUT2D eigenvalue weighted by atomic mass is 10.1. The van der Waals surface area contributed by atoms with Crippen molar-refractivity contribution in [3.63, 3.8) is 0 Å². The van der Waals surface area contributed by atoms with Crippen LogP contribution < -0.4 is 9.99 Å². The molecule has 0 spiro atoms. The topological polar surface area (TPSA) is 84.4 Å². The van der Waals surface area contributed by atoms with Crippen molar-refractivity contribution in [3.8, 4) is 0 Å². The molecule has 2 aromatic carbocycles. The minimum absolute atomic E-state index is 0.150. The standard InChI is InChI=1S/C25H31N3O4S/c1-4-17-5-7-18(8-6-17)28(12-16(2)3)33(30,31)19-9-10-24-23(11-19)26-25(29)27(24)13-20-21-14-32-15-22(20)21/h5-11,16,20-22H,4,12-15H2,1-3H3,(H,26,29)/t20-,21-,22+. The third-order valence-electron chi connectivity index (χ3n) is 7.02. The van der Waals surface area contributed by atoms with Gasteiger partial charge in [-0.15, -0.1) is 0 Å². The molecule has 0 radical (unpaired) electrons. The van der Waals surface area contributed by atoms with Crippen molar-refractivity contribution in [3.05, 3.63) is 58.5 Å². The van der Waals surface area contributed by atoms with Crippen LogP contribution in [0, 0.1) is 23.7 Å². The summed E-state index contributed by atoms with van der Waals surface area (Å²) in [5.41, 5.74) is 2.91. The first-order valence-electron chi connectivity index (χ1n) is 11.7. The Morgan fingerprint density at radius 2 is 1.82 bits per heavy atom. The number of hydrogen-bond donors (Lipinski definition) is 1. The highest BCUT2D eigenvalue weighted by Gasteiger charge is 2.53. The molecule has 1 saturated carbocycles. The van der Waals surface area contributed by atoms with E-state index in [0.717, 1.165) is 30.7 Å². The molecule has 7 nitrogen and oxygen atoms in total. The van der Waals surface area contributed by atoms with Gasteiger partial charge in [-0.05, 0) is 66.0 Å². The lowest BCUT2D eigenvalue weighted by molar-refractivity contribution is 0.148. The fraction of sp³-hybridized carbons (Fsp3) is 0.480. The van der Waals surface area contributed by atoms with E-state index < -0.39 is 10.0 Å². The van der Waals surface area contributed by atoms with Gasteiger partial charge in [-0.3, -0.25) is 8.87 Å². The monoisotopic (exact) mass is 469 g/mol. The Morgan fingerprint density at radius 1 is 1.12 bits per heavy atom. The smallest absolute Gasteiger partial charge is 0.326 e. The van der Waals surface area contributed by atoms with Crippen molar-refractivity contribution in [1.29, 1.82) is 0 Å². The molecule has 0 unspecified atom stereocenters. The Kier molecular flexibility index (Phi) is 5.61. The van der Waals surface area contributed by atoms with E-state index in [0.29, 0.717) is 42.0 Å². The molecule has 2 heterocycles. The number of nitrogens with zero attached hydrogens (tertiary/aromatic N) is 2. The van der Waals surface area contributed by atoms with Gasteiger partial charge in [0.1, 0.15) is 0 Å². The molecule has 8 heteroatoms. The molecule has 3 atom stereocenters. The molecule has 5 rings (SSSR count). The molecule has 2 aliphatic rings. The number of rotatable bonds is 8. The van der Waals surface area contributed by atoms with Crippen LogP contribution in [0.5, 0.6) is 0 Å². The van der Waals surface area contributed by atoms with E-state index in [2.05, 4.69) is 11.9 Å². The molecule has 3 aromatic rings. The highest BCUT2D eigenvalue weighted by molar-refractivity contribution is 7.92. The van der Waals surface area contributed by atoms with Gasteiger partial charge in [0.25, 0.3) is 10.0 Å². The summed E-state index contributed by atoms with van der Waals surface area (Å²) in [6.45, 7) is 8.65. The number of ether oxygens (including phenoxy) is 1. The zero-order valence-electron chi connectivity index (χ0n) is 19.3. The zero-order chi connectivity index (χ0) is 23.3. The number of H-pyrrole nitrogens is 1. The van der Waals surface area contributed by atoms with Crippen molar-refractivity contribution in [1.82, 2.24) is 9.55 Å². The highest BCUT2D eigenvalue weighted by Crippen LogP contribution is 2.51. The van der Waals surface area contributed by atoms with Crippen molar-refractivity contribution in [2.75, 3.05) is 24.1 Å². The fourth-order valence-electron chi connectivity index (χ4n) is 5.02. The van der Waals surface area contributed by atoms with Crippen LogP contribution in [0.1, 0.15) is 26.3 Å². The van der Waals surface area contributed by atoms with Gasteiger partial charge in [0.15, 0.2) is 0 Å². The molecule has 1 aliphatic heterocycles. The summed E-state index contributed by atoms with van der Waals surface area (Å²) in [5.74, 6) is 1.71. The number of aromatic amines is 1. The number of benzene rings is 2. The lowest BCUT2D eigenvalue weighted by Gasteiger charge is -2.26.